The molecule has 150 valence electrons. The normalized spacial score (nSPS) is 29.9. The van der Waals surface area contributed by atoms with E-state index in [2.05, 4.69) is 0 Å². The lowest BCUT2D eigenvalue weighted by atomic mass is 9.85. The monoisotopic (exact) mass is 389 g/mol. The number of hydrogen-bond donors (Lipinski definition) is 2. The Bertz CT molecular complexity index is 763. The molecule has 3 aliphatic rings. The quantitative estimate of drug-likeness (QED) is 0.503. The summed E-state index contributed by atoms with van der Waals surface area (Å²) >= 11 is 0. The van der Waals surface area contributed by atoms with Crippen LogP contribution >= 0.6 is 0 Å². The van der Waals surface area contributed by atoms with Crippen molar-refractivity contribution >= 4 is 11.8 Å². The highest BCUT2D eigenvalue weighted by molar-refractivity contribution is 6.05. The molecule has 2 saturated heterocycles. The smallest absolute Gasteiger partial charge is 0.237 e. The van der Waals surface area contributed by atoms with E-state index in [-0.39, 0.29) is 29.5 Å². The van der Waals surface area contributed by atoms with E-state index >= 15 is 0 Å². The fourth-order valence-electron chi connectivity index (χ4n) is 4.70. The Morgan fingerprint density at radius 3 is 2.25 bits per heavy atom. The zero-order valence-electron chi connectivity index (χ0n) is 16.2. The van der Waals surface area contributed by atoms with Crippen LogP contribution in [-0.4, -0.2) is 56.7 Å². The molecule has 1 aliphatic carbocycles. The van der Waals surface area contributed by atoms with Gasteiger partial charge in [0.1, 0.15) is 44.3 Å². The summed E-state index contributed by atoms with van der Waals surface area (Å²) in [4.78, 5) is 29.4. The molecule has 1 aromatic rings. The fraction of sp³-hybridized carbons (Fsp3) is 0.524. The zero-order valence-corrected chi connectivity index (χ0v) is 16.2. The number of rotatable bonds is 5. The van der Waals surface area contributed by atoms with E-state index in [9.17, 15) is 14.0 Å². The average Bonchev–Trinajstić information content (AvgIpc) is 2.95. The summed E-state index contributed by atoms with van der Waals surface area (Å²) in [5, 5.41) is 0. The number of methoxy groups -OCH3 is 1. The van der Waals surface area contributed by atoms with Gasteiger partial charge in [0.2, 0.25) is 11.8 Å². The lowest BCUT2D eigenvalue weighted by Gasteiger charge is -2.31. The van der Waals surface area contributed by atoms with Gasteiger partial charge in [-0.1, -0.05) is 12.2 Å². The van der Waals surface area contributed by atoms with Gasteiger partial charge in [0.05, 0.1) is 24.5 Å². The number of benzene rings is 1. The first kappa shape index (κ1) is 19.1. The van der Waals surface area contributed by atoms with Gasteiger partial charge in [-0.2, -0.15) is 0 Å². The fourth-order valence-corrected chi connectivity index (χ4v) is 4.70. The van der Waals surface area contributed by atoms with Crippen LogP contribution in [0.3, 0.4) is 0 Å². The number of hydrogen-bond acceptors (Lipinski definition) is 3. The molecule has 2 fully saturated rings. The van der Waals surface area contributed by atoms with Gasteiger partial charge in [0.15, 0.2) is 6.67 Å². The average molecular weight is 389 g/mol. The molecule has 0 saturated carbocycles. The number of imide groups is 1. The van der Waals surface area contributed by atoms with Crippen LogP contribution in [0, 0.1) is 17.7 Å². The SMILES string of the molecule is COc1ccc(F)cc1C[NH+]1CC[NH+](CN2C(=O)[C@H]3CC=CC[C@H]3C2=O)CC1. The Morgan fingerprint density at radius 2 is 1.64 bits per heavy atom. The molecule has 2 amide bonds. The lowest BCUT2D eigenvalue weighted by molar-refractivity contribution is -1.02. The molecular formula is C21H28FN3O3+2. The van der Waals surface area contributed by atoms with Crippen LogP contribution in [0.4, 0.5) is 4.39 Å². The Balaban J connectivity index is 1.32. The summed E-state index contributed by atoms with van der Waals surface area (Å²) in [7, 11) is 1.60. The third-order valence-electron chi connectivity index (χ3n) is 6.33. The Labute approximate surface area is 164 Å². The maximum absolute atomic E-state index is 13.6. The molecule has 6 nitrogen and oxygen atoms in total. The molecule has 0 spiro atoms. The second kappa shape index (κ2) is 8.01. The van der Waals surface area contributed by atoms with Crippen molar-refractivity contribution in [2.24, 2.45) is 11.8 Å². The first-order chi connectivity index (χ1) is 13.6. The third-order valence-corrected chi connectivity index (χ3v) is 6.33. The highest BCUT2D eigenvalue weighted by atomic mass is 19.1. The molecule has 2 heterocycles. The minimum Gasteiger partial charge on any atom is -0.496 e. The van der Waals surface area contributed by atoms with E-state index in [1.165, 1.54) is 20.8 Å². The van der Waals surface area contributed by atoms with Crippen molar-refractivity contribution in [1.82, 2.24) is 4.90 Å². The van der Waals surface area contributed by atoms with Gasteiger partial charge >= 0.3 is 0 Å². The van der Waals surface area contributed by atoms with Gasteiger partial charge in [-0.15, -0.1) is 0 Å². The largest absolute Gasteiger partial charge is 0.496 e. The molecule has 2 atom stereocenters. The van der Waals surface area contributed by atoms with Crippen molar-refractivity contribution in [3.63, 3.8) is 0 Å². The van der Waals surface area contributed by atoms with Crippen LogP contribution in [0.1, 0.15) is 18.4 Å². The number of halogens is 1. The summed E-state index contributed by atoms with van der Waals surface area (Å²) in [5.41, 5.74) is 0.877. The van der Waals surface area contributed by atoms with Crippen LogP contribution in [0.5, 0.6) is 5.75 Å². The van der Waals surface area contributed by atoms with Gasteiger partial charge in [-0.05, 0) is 31.0 Å². The van der Waals surface area contributed by atoms with E-state index in [1.54, 1.807) is 19.2 Å². The molecule has 0 bridgehead atoms. The number of likely N-dealkylation sites (tertiary alicyclic amines) is 1. The number of piperazine rings is 1. The predicted octanol–water partition coefficient (Wildman–Crippen LogP) is -0.974. The van der Waals surface area contributed by atoms with Crippen LogP contribution in [-0.2, 0) is 16.1 Å². The maximum atomic E-state index is 13.6. The Kier molecular flexibility index (Phi) is 5.46. The van der Waals surface area contributed by atoms with E-state index in [1.807, 2.05) is 12.2 Å². The number of nitrogens with one attached hydrogen (secondary N) is 2. The molecular weight excluding hydrogens is 361 g/mol. The van der Waals surface area contributed by atoms with Crippen molar-refractivity contribution in [2.75, 3.05) is 40.0 Å². The van der Waals surface area contributed by atoms with Gasteiger partial charge < -0.3 is 14.5 Å². The molecule has 1 aromatic carbocycles. The van der Waals surface area contributed by atoms with Crippen molar-refractivity contribution < 1.29 is 28.5 Å². The number of carbonyl (C=O) groups excluding carboxylic acids is 2. The molecule has 28 heavy (non-hydrogen) atoms. The van der Waals surface area contributed by atoms with E-state index in [0.717, 1.165) is 31.7 Å². The molecule has 4 rings (SSSR count). The maximum Gasteiger partial charge on any atom is 0.237 e. The molecule has 7 heteroatoms. The first-order valence-corrected chi connectivity index (χ1v) is 10.1. The summed E-state index contributed by atoms with van der Waals surface area (Å²) < 4.78 is 18.9. The van der Waals surface area contributed by atoms with E-state index in [4.69, 9.17) is 4.74 Å². The second-order valence-electron chi connectivity index (χ2n) is 8.05. The molecule has 2 aliphatic heterocycles. The number of allylic oxidation sites excluding steroid dienone is 2. The molecule has 0 unspecified atom stereocenters. The number of quaternary nitrogens is 2. The third kappa shape index (κ3) is 3.69. The van der Waals surface area contributed by atoms with Gasteiger partial charge in [0, 0.05) is 0 Å². The minimum absolute atomic E-state index is 0.00567. The number of ether oxygens (including phenoxy) is 1. The topological polar surface area (TPSA) is 55.5 Å². The van der Waals surface area contributed by atoms with Crippen LogP contribution in [0.2, 0.25) is 0 Å². The summed E-state index contributed by atoms with van der Waals surface area (Å²) in [6.07, 6.45) is 5.42. The van der Waals surface area contributed by atoms with E-state index in [0.29, 0.717) is 31.8 Å². The van der Waals surface area contributed by atoms with Crippen molar-refractivity contribution in [2.45, 2.75) is 19.4 Å². The van der Waals surface area contributed by atoms with Crippen LogP contribution < -0.4 is 14.5 Å². The summed E-state index contributed by atoms with van der Waals surface area (Å²) in [6.45, 7) is 4.79. The number of carbonyl (C=O) groups is 2. The molecule has 2 N–H and O–H groups in total. The van der Waals surface area contributed by atoms with Gasteiger partial charge in [-0.25, -0.2) is 9.29 Å². The highest BCUT2D eigenvalue weighted by Crippen LogP contribution is 2.34. The lowest BCUT2D eigenvalue weighted by Crippen LogP contribution is -3.28. The number of amides is 2. The standard InChI is InChI=1S/C21H26FN3O3/c1-28-19-7-6-16(22)12-15(19)13-23-8-10-24(11-9-23)14-25-20(26)17-4-2-3-5-18(17)21(25)27/h2-3,6-7,12,17-18H,4-5,8-11,13-14H2,1H3/p+2/t17-,18+. The number of nitrogens with zero attached hydrogens (tertiary/aromatic N) is 1. The summed E-state index contributed by atoms with van der Waals surface area (Å²) in [5.74, 6) is 0.181. The van der Waals surface area contributed by atoms with Crippen molar-refractivity contribution in [3.05, 3.63) is 41.7 Å². The highest BCUT2D eigenvalue weighted by Gasteiger charge is 2.48. The first-order valence-electron chi connectivity index (χ1n) is 10.1. The minimum atomic E-state index is -0.249. The predicted molar refractivity (Wildman–Crippen MR) is 100 cm³/mol. The Hall–Kier alpha value is -2.25. The molecule has 0 radical (unpaired) electrons. The van der Waals surface area contributed by atoms with Crippen LogP contribution in [0.15, 0.2) is 30.4 Å². The number of fused-ring (bicyclic) bond motifs is 1. The van der Waals surface area contributed by atoms with Gasteiger partial charge in [-0.3, -0.25) is 9.59 Å². The van der Waals surface area contributed by atoms with Gasteiger partial charge in [0.25, 0.3) is 0 Å². The molecule has 0 aromatic heterocycles. The van der Waals surface area contributed by atoms with E-state index < -0.39 is 0 Å². The second-order valence-corrected chi connectivity index (χ2v) is 8.05. The zero-order chi connectivity index (χ0) is 19.7. The van der Waals surface area contributed by atoms with Crippen molar-refractivity contribution in [3.8, 4) is 5.75 Å². The Morgan fingerprint density at radius 1 is 1.04 bits per heavy atom. The summed E-state index contributed by atoms with van der Waals surface area (Å²) in [6, 6.07) is 4.63. The van der Waals surface area contributed by atoms with Crippen LogP contribution in [0.25, 0.3) is 0 Å². The van der Waals surface area contributed by atoms with Crippen molar-refractivity contribution in [1.29, 1.82) is 0 Å².